The fourth-order valence-electron chi connectivity index (χ4n) is 2.04. The summed E-state index contributed by atoms with van der Waals surface area (Å²) in [6.07, 6.45) is 2.95. The van der Waals surface area contributed by atoms with Crippen LogP contribution in [0.2, 0.25) is 0 Å². The second kappa shape index (κ2) is 7.35. The van der Waals surface area contributed by atoms with Crippen molar-refractivity contribution in [3.8, 4) is 23.0 Å². The van der Waals surface area contributed by atoms with Crippen molar-refractivity contribution in [2.75, 3.05) is 13.7 Å². The molecule has 0 heterocycles. The van der Waals surface area contributed by atoms with E-state index in [4.69, 9.17) is 9.47 Å². The van der Waals surface area contributed by atoms with Crippen LogP contribution in [0, 0.1) is 0 Å². The first kappa shape index (κ1) is 16.4. The number of ether oxygens (including phenoxy) is 2. The monoisotopic (exact) mass is 314 g/mol. The van der Waals surface area contributed by atoms with Gasteiger partial charge in [0, 0.05) is 17.7 Å². The largest absolute Gasteiger partial charge is 0.508 e. The Kier molecular flexibility index (Phi) is 5.25. The molecule has 0 unspecified atom stereocenters. The lowest BCUT2D eigenvalue weighted by Crippen LogP contribution is -1.97. The van der Waals surface area contributed by atoms with Gasteiger partial charge in [0.25, 0.3) is 0 Å². The number of carbonyl (C=O) groups excluding carboxylic acids is 1. The lowest BCUT2D eigenvalue weighted by atomic mass is 10.1. The molecule has 120 valence electrons. The van der Waals surface area contributed by atoms with Gasteiger partial charge in [0.2, 0.25) is 0 Å². The number of ketones is 1. The lowest BCUT2D eigenvalue weighted by molar-refractivity contribution is 0.104. The van der Waals surface area contributed by atoms with Crippen molar-refractivity contribution < 1.29 is 24.5 Å². The summed E-state index contributed by atoms with van der Waals surface area (Å²) < 4.78 is 10.7. The summed E-state index contributed by atoms with van der Waals surface area (Å²) in [7, 11) is 1.57. The van der Waals surface area contributed by atoms with E-state index in [9.17, 15) is 15.0 Å². The molecule has 5 heteroatoms. The zero-order valence-corrected chi connectivity index (χ0v) is 12.9. The number of methoxy groups -OCH3 is 1. The van der Waals surface area contributed by atoms with Gasteiger partial charge in [0.15, 0.2) is 5.78 Å². The highest BCUT2D eigenvalue weighted by Crippen LogP contribution is 2.27. The minimum Gasteiger partial charge on any atom is -0.508 e. The Morgan fingerprint density at radius 3 is 2.61 bits per heavy atom. The number of hydrogen-bond donors (Lipinski definition) is 2. The number of benzene rings is 2. The summed E-state index contributed by atoms with van der Waals surface area (Å²) in [6.45, 7) is 2.35. The quantitative estimate of drug-likeness (QED) is 0.631. The van der Waals surface area contributed by atoms with Crippen LogP contribution >= 0.6 is 0 Å². The van der Waals surface area contributed by atoms with Crippen molar-refractivity contribution in [2.24, 2.45) is 0 Å². The molecule has 0 saturated carbocycles. The number of phenolic OH excluding ortho intramolecular Hbond substituents is 2. The maximum Gasteiger partial charge on any atom is 0.189 e. The van der Waals surface area contributed by atoms with E-state index in [2.05, 4.69) is 0 Å². The summed E-state index contributed by atoms with van der Waals surface area (Å²) in [4.78, 5) is 12.1. The van der Waals surface area contributed by atoms with Crippen LogP contribution in [0.4, 0.5) is 0 Å². The molecule has 0 amide bonds. The molecule has 0 aliphatic carbocycles. The van der Waals surface area contributed by atoms with Crippen LogP contribution in [0.15, 0.2) is 42.5 Å². The molecule has 0 aliphatic rings. The number of phenols is 2. The standard InChI is InChI=1S/C18H18O5/c1-3-23-18-11-14(22-2)7-4-12(18)5-9-16(20)15-8-6-13(19)10-17(15)21/h4-11,19,21H,3H2,1-2H3. The maximum absolute atomic E-state index is 12.1. The summed E-state index contributed by atoms with van der Waals surface area (Å²) >= 11 is 0. The van der Waals surface area contributed by atoms with Gasteiger partial charge < -0.3 is 19.7 Å². The molecule has 2 rings (SSSR count). The first-order valence-electron chi connectivity index (χ1n) is 7.10. The molecule has 0 saturated heterocycles. The first-order valence-corrected chi connectivity index (χ1v) is 7.10. The van der Waals surface area contributed by atoms with E-state index in [0.717, 1.165) is 11.6 Å². The molecule has 23 heavy (non-hydrogen) atoms. The fourth-order valence-corrected chi connectivity index (χ4v) is 2.04. The highest BCUT2D eigenvalue weighted by Gasteiger charge is 2.09. The topological polar surface area (TPSA) is 76.0 Å². The van der Waals surface area contributed by atoms with Crippen molar-refractivity contribution in [2.45, 2.75) is 6.92 Å². The van der Waals surface area contributed by atoms with Crippen LogP contribution in [-0.4, -0.2) is 29.7 Å². The Labute approximate surface area is 134 Å². The van der Waals surface area contributed by atoms with E-state index >= 15 is 0 Å². The Balaban J connectivity index is 2.26. The van der Waals surface area contributed by atoms with Gasteiger partial charge in [-0.2, -0.15) is 0 Å². The van der Waals surface area contributed by atoms with Crippen LogP contribution in [0.25, 0.3) is 6.08 Å². The van der Waals surface area contributed by atoms with Crippen molar-refractivity contribution in [3.63, 3.8) is 0 Å². The zero-order valence-electron chi connectivity index (χ0n) is 12.9. The molecule has 0 spiro atoms. The third-order valence-electron chi connectivity index (χ3n) is 3.18. The molecule has 0 fully saturated rings. The number of allylic oxidation sites excluding steroid dienone is 1. The van der Waals surface area contributed by atoms with Crippen LogP contribution < -0.4 is 9.47 Å². The van der Waals surface area contributed by atoms with Crippen molar-refractivity contribution >= 4 is 11.9 Å². The lowest BCUT2D eigenvalue weighted by Gasteiger charge is -2.09. The molecule has 2 N–H and O–H groups in total. The van der Waals surface area contributed by atoms with Gasteiger partial charge in [-0.15, -0.1) is 0 Å². The van der Waals surface area contributed by atoms with Gasteiger partial charge in [0.1, 0.15) is 23.0 Å². The minimum absolute atomic E-state index is 0.100. The first-order chi connectivity index (χ1) is 11.0. The third-order valence-corrected chi connectivity index (χ3v) is 3.18. The van der Waals surface area contributed by atoms with Crippen LogP contribution in [0.3, 0.4) is 0 Å². The van der Waals surface area contributed by atoms with E-state index in [1.54, 1.807) is 31.4 Å². The number of aromatic hydroxyl groups is 2. The average Bonchev–Trinajstić information content (AvgIpc) is 2.53. The Hall–Kier alpha value is -2.95. The normalized spacial score (nSPS) is 10.7. The van der Waals surface area contributed by atoms with Gasteiger partial charge in [-0.3, -0.25) is 4.79 Å². The average molecular weight is 314 g/mol. The van der Waals surface area contributed by atoms with Crippen LogP contribution in [-0.2, 0) is 0 Å². The predicted octanol–water partition coefficient (Wildman–Crippen LogP) is 3.40. The highest BCUT2D eigenvalue weighted by atomic mass is 16.5. The molecule has 5 nitrogen and oxygen atoms in total. The second-order valence-corrected chi connectivity index (χ2v) is 4.74. The van der Waals surface area contributed by atoms with Gasteiger partial charge in [-0.1, -0.05) is 0 Å². The molecule has 0 bridgehead atoms. The molecular weight excluding hydrogens is 296 g/mol. The minimum atomic E-state index is -0.374. The molecule has 0 atom stereocenters. The number of carbonyl (C=O) groups is 1. The predicted molar refractivity (Wildman–Crippen MR) is 87.3 cm³/mol. The molecule has 0 aliphatic heterocycles. The fraction of sp³-hybridized carbons (Fsp3) is 0.167. The molecule has 0 radical (unpaired) electrons. The van der Waals surface area contributed by atoms with Crippen molar-refractivity contribution in [1.29, 1.82) is 0 Å². The Bertz CT molecular complexity index is 734. The van der Waals surface area contributed by atoms with E-state index in [-0.39, 0.29) is 22.8 Å². The molecule has 2 aromatic rings. The third kappa shape index (κ3) is 4.03. The van der Waals surface area contributed by atoms with E-state index in [0.29, 0.717) is 18.1 Å². The van der Waals surface area contributed by atoms with Crippen molar-refractivity contribution in [1.82, 2.24) is 0 Å². The zero-order chi connectivity index (χ0) is 16.8. The summed E-state index contributed by atoms with van der Waals surface area (Å²) in [5, 5.41) is 19.0. The SMILES string of the molecule is CCOc1cc(OC)ccc1C=CC(=O)c1ccc(O)cc1O. The maximum atomic E-state index is 12.1. The van der Waals surface area contributed by atoms with Crippen LogP contribution in [0.5, 0.6) is 23.0 Å². The number of hydrogen-bond acceptors (Lipinski definition) is 5. The smallest absolute Gasteiger partial charge is 0.189 e. The number of rotatable bonds is 6. The second-order valence-electron chi connectivity index (χ2n) is 4.74. The summed E-state index contributed by atoms with van der Waals surface area (Å²) in [5.41, 5.74) is 0.838. The van der Waals surface area contributed by atoms with Gasteiger partial charge in [-0.05, 0) is 43.3 Å². The van der Waals surface area contributed by atoms with Gasteiger partial charge in [-0.25, -0.2) is 0 Å². The van der Waals surface area contributed by atoms with Crippen molar-refractivity contribution in [3.05, 3.63) is 53.6 Å². The summed E-state index contributed by atoms with van der Waals surface area (Å²) in [5.74, 6) is 0.524. The molecule has 0 aromatic heterocycles. The Morgan fingerprint density at radius 1 is 1.17 bits per heavy atom. The molecular formula is C18H18O5. The van der Waals surface area contributed by atoms with E-state index in [1.165, 1.54) is 18.2 Å². The van der Waals surface area contributed by atoms with E-state index in [1.807, 2.05) is 6.92 Å². The molecule has 2 aromatic carbocycles. The van der Waals surface area contributed by atoms with E-state index < -0.39 is 0 Å². The van der Waals surface area contributed by atoms with Gasteiger partial charge >= 0.3 is 0 Å². The highest BCUT2D eigenvalue weighted by molar-refractivity contribution is 6.08. The Morgan fingerprint density at radius 2 is 1.96 bits per heavy atom. The van der Waals surface area contributed by atoms with Gasteiger partial charge in [0.05, 0.1) is 19.3 Å². The summed E-state index contributed by atoms with van der Waals surface area (Å²) in [6, 6.07) is 9.13. The van der Waals surface area contributed by atoms with Crippen LogP contribution in [0.1, 0.15) is 22.8 Å².